The minimum absolute atomic E-state index is 0.396. The fourth-order valence-electron chi connectivity index (χ4n) is 1.62. The Morgan fingerprint density at radius 1 is 1.47 bits per heavy atom. The van der Waals surface area contributed by atoms with Crippen LogP contribution >= 0.6 is 15.9 Å². The van der Waals surface area contributed by atoms with Gasteiger partial charge >= 0.3 is 0 Å². The van der Waals surface area contributed by atoms with E-state index < -0.39 is 17.6 Å². The lowest BCUT2D eigenvalue weighted by molar-refractivity contribution is -0.122. The molecule has 1 aromatic rings. The number of halogens is 1. The summed E-state index contributed by atoms with van der Waals surface area (Å²) in [5, 5.41) is 11.6. The molecule has 0 fully saturated rings. The molecule has 100 valence electrons. The summed E-state index contributed by atoms with van der Waals surface area (Å²) in [6.07, 6.45) is 0.758. The fourth-order valence-corrected chi connectivity index (χ4v) is 1.98. The molecule has 0 spiro atoms. The van der Waals surface area contributed by atoms with Crippen molar-refractivity contribution in [2.24, 2.45) is 5.92 Å². The van der Waals surface area contributed by atoms with Crippen molar-refractivity contribution >= 4 is 27.6 Å². The topological polar surface area (TPSA) is 70.0 Å². The first kappa shape index (κ1) is 15.4. The van der Waals surface area contributed by atoms with Crippen LogP contribution in [0.1, 0.15) is 29.3 Å². The maximum atomic E-state index is 12.2. The van der Waals surface area contributed by atoms with Crippen molar-refractivity contribution in [3.8, 4) is 6.07 Å². The van der Waals surface area contributed by atoms with Crippen LogP contribution in [0.2, 0.25) is 0 Å². The molecule has 0 aliphatic carbocycles. The minimum Gasteiger partial charge on any atom is -0.355 e. The summed E-state index contributed by atoms with van der Waals surface area (Å²) >= 11 is 3.33. The second kappa shape index (κ2) is 7.05. The highest BCUT2D eigenvalue weighted by molar-refractivity contribution is 9.10. The maximum Gasteiger partial charge on any atom is 0.245 e. The lowest BCUT2D eigenvalue weighted by Crippen LogP contribution is -2.35. The standard InChI is InChI=1S/C14H15BrN2O2/c1-3-7-17-14(19)11(8-16)13(18)10-5-4-6-12(15)9(10)2/h4-6,11H,3,7H2,1-2H3,(H,17,19)/t11-/m1/s1. The second-order valence-electron chi connectivity index (χ2n) is 4.13. The molecule has 4 nitrogen and oxygen atoms in total. The number of nitrogens with zero attached hydrogens (tertiary/aromatic N) is 1. The van der Waals surface area contributed by atoms with E-state index in [9.17, 15) is 9.59 Å². The number of carbonyl (C=O) groups excluding carboxylic acids is 2. The lowest BCUT2D eigenvalue weighted by atomic mass is 9.95. The molecule has 1 amide bonds. The van der Waals surface area contributed by atoms with E-state index in [-0.39, 0.29) is 0 Å². The van der Waals surface area contributed by atoms with Gasteiger partial charge < -0.3 is 5.32 Å². The number of nitriles is 1. The molecule has 0 aliphatic rings. The molecule has 0 heterocycles. The normalized spacial score (nSPS) is 11.5. The zero-order valence-corrected chi connectivity index (χ0v) is 12.5. The highest BCUT2D eigenvalue weighted by Gasteiger charge is 2.28. The van der Waals surface area contributed by atoms with Gasteiger partial charge in [0.15, 0.2) is 11.7 Å². The zero-order valence-electron chi connectivity index (χ0n) is 10.9. The molecule has 0 saturated heterocycles. The summed E-state index contributed by atoms with van der Waals surface area (Å²) in [6.45, 7) is 4.14. The third kappa shape index (κ3) is 3.65. The Kier molecular flexibility index (Phi) is 5.71. The van der Waals surface area contributed by atoms with E-state index in [2.05, 4.69) is 21.2 Å². The molecule has 0 unspecified atom stereocenters. The van der Waals surface area contributed by atoms with Crippen molar-refractivity contribution in [2.45, 2.75) is 20.3 Å². The summed E-state index contributed by atoms with van der Waals surface area (Å²) in [6, 6.07) is 6.92. The van der Waals surface area contributed by atoms with Crippen LogP contribution in [-0.4, -0.2) is 18.2 Å². The predicted molar refractivity (Wildman–Crippen MR) is 75.6 cm³/mol. The van der Waals surface area contributed by atoms with Gasteiger partial charge in [-0.25, -0.2) is 0 Å². The van der Waals surface area contributed by atoms with Gasteiger partial charge in [-0.05, 0) is 25.0 Å². The molecule has 0 radical (unpaired) electrons. The highest BCUT2D eigenvalue weighted by Crippen LogP contribution is 2.21. The van der Waals surface area contributed by atoms with Gasteiger partial charge in [-0.3, -0.25) is 9.59 Å². The number of ketones is 1. The van der Waals surface area contributed by atoms with Gasteiger partial charge in [0.1, 0.15) is 0 Å². The quantitative estimate of drug-likeness (QED) is 0.669. The number of hydrogen-bond acceptors (Lipinski definition) is 3. The molecular formula is C14H15BrN2O2. The summed E-state index contributed by atoms with van der Waals surface area (Å²) in [5.74, 6) is -2.29. The van der Waals surface area contributed by atoms with E-state index in [1.807, 2.05) is 13.0 Å². The van der Waals surface area contributed by atoms with E-state index in [1.54, 1.807) is 25.1 Å². The Balaban J connectivity index is 3.00. The smallest absolute Gasteiger partial charge is 0.245 e. The number of rotatable bonds is 5. The van der Waals surface area contributed by atoms with E-state index >= 15 is 0 Å². The molecule has 19 heavy (non-hydrogen) atoms. The van der Waals surface area contributed by atoms with Crippen molar-refractivity contribution in [2.75, 3.05) is 6.54 Å². The predicted octanol–water partition coefficient (Wildman–Crippen LogP) is 2.61. The van der Waals surface area contributed by atoms with Gasteiger partial charge in [0.05, 0.1) is 6.07 Å². The van der Waals surface area contributed by atoms with Crippen LogP contribution in [0.4, 0.5) is 0 Å². The van der Waals surface area contributed by atoms with Crippen LogP contribution in [0.15, 0.2) is 22.7 Å². The Morgan fingerprint density at radius 3 is 2.74 bits per heavy atom. The number of benzene rings is 1. The SMILES string of the molecule is CCCNC(=O)[C@H](C#N)C(=O)c1cccc(Br)c1C. The maximum absolute atomic E-state index is 12.2. The van der Waals surface area contributed by atoms with Gasteiger partial charge in [0, 0.05) is 16.6 Å². The average Bonchev–Trinajstić information content (AvgIpc) is 2.40. The van der Waals surface area contributed by atoms with Crippen LogP contribution < -0.4 is 5.32 Å². The molecule has 0 aliphatic heterocycles. The average molecular weight is 323 g/mol. The fraction of sp³-hybridized carbons (Fsp3) is 0.357. The highest BCUT2D eigenvalue weighted by atomic mass is 79.9. The van der Waals surface area contributed by atoms with Crippen molar-refractivity contribution in [3.05, 3.63) is 33.8 Å². The molecule has 0 bridgehead atoms. The van der Waals surface area contributed by atoms with Gasteiger partial charge in [-0.2, -0.15) is 5.26 Å². The van der Waals surface area contributed by atoms with Gasteiger partial charge in [-0.1, -0.05) is 35.0 Å². The van der Waals surface area contributed by atoms with E-state index in [0.29, 0.717) is 12.1 Å². The Labute approximate surface area is 120 Å². The van der Waals surface area contributed by atoms with Crippen LogP contribution in [0.5, 0.6) is 0 Å². The van der Waals surface area contributed by atoms with Gasteiger partial charge in [0.25, 0.3) is 0 Å². The van der Waals surface area contributed by atoms with E-state index in [4.69, 9.17) is 5.26 Å². The minimum atomic E-state index is -1.29. The summed E-state index contributed by atoms with van der Waals surface area (Å²) < 4.78 is 0.781. The molecule has 0 saturated carbocycles. The summed E-state index contributed by atoms with van der Waals surface area (Å²) in [4.78, 5) is 24.0. The molecule has 1 atom stereocenters. The zero-order chi connectivity index (χ0) is 14.4. The number of hydrogen-bond donors (Lipinski definition) is 1. The van der Waals surface area contributed by atoms with Crippen molar-refractivity contribution < 1.29 is 9.59 Å². The molecule has 5 heteroatoms. The first-order chi connectivity index (χ1) is 9.02. The van der Waals surface area contributed by atoms with E-state index in [0.717, 1.165) is 16.5 Å². The third-order valence-corrected chi connectivity index (χ3v) is 3.59. The van der Waals surface area contributed by atoms with Crippen molar-refractivity contribution in [1.29, 1.82) is 5.26 Å². The molecule has 1 aromatic carbocycles. The largest absolute Gasteiger partial charge is 0.355 e. The van der Waals surface area contributed by atoms with Gasteiger partial charge in [0.2, 0.25) is 5.91 Å². The molecule has 1 N–H and O–H groups in total. The third-order valence-electron chi connectivity index (χ3n) is 2.74. The number of carbonyl (C=O) groups is 2. The lowest BCUT2D eigenvalue weighted by Gasteiger charge is -2.11. The van der Waals surface area contributed by atoms with Crippen molar-refractivity contribution in [1.82, 2.24) is 5.32 Å². The summed E-state index contributed by atoms with van der Waals surface area (Å²) in [7, 11) is 0. The van der Waals surface area contributed by atoms with Crippen LogP contribution in [0.3, 0.4) is 0 Å². The first-order valence-electron chi connectivity index (χ1n) is 5.99. The molecule has 0 aromatic heterocycles. The number of nitrogens with one attached hydrogen (secondary N) is 1. The first-order valence-corrected chi connectivity index (χ1v) is 6.78. The molecular weight excluding hydrogens is 308 g/mol. The second-order valence-corrected chi connectivity index (χ2v) is 4.98. The Morgan fingerprint density at radius 2 is 2.16 bits per heavy atom. The Hall–Kier alpha value is -1.67. The van der Waals surface area contributed by atoms with Gasteiger partial charge in [-0.15, -0.1) is 0 Å². The number of amides is 1. The van der Waals surface area contributed by atoms with Crippen LogP contribution in [-0.2, 0) is 4.79 Å². The van der Waals surface area contributed by atoms with E-state index in [1.165, 1.54) is 0 Å². The monoisotopic (exact) mass is 322 g/mol. The van der Waals surface area contributed by atoms with Crippen LogP contribution in [0.25, 0.3) is 0 Å². The van der Waals surface area contributed by atoms with Crippen molar-refractivity contribution in [3.63, 3.8) is 0 Å². The van der Waals surface area contributed by atoms with Crippen LogP contribution in [0, 0.1) is 24.2 Å². The Bertz CT molecular complexity index is 535. The summed E-state index contributed by atoms with van der Waals surface area (Å²) in [5.41, 5.74) is 1.13. The number of Topliss-reactive ketones (excluding diaryl/α,β-unsaturated/α-hetero) is 1. The molecule has 1 rings (SSSR count).